The Morgan fingerprint density at radius 3 is 2.25 bits per heavy atom. The van der Waals surface area contributed by atoms with Gasteiger partial charge in [0.1, 0.15) is 5.17 Å². The van der Waals surface area contributed by atoms with Crippen LogP contribution in [0.25, 0.3) is 0 Å². The standard InChI is InChI=1S/C6H10ClN/c1-3-5(4-2)6(7)8/h3,8H,4H2,1-2H3/b5-3+,8-6?. The maximum absolute atomic E-state index is 6.95. The van der Waals surface area contributed by atoms with E-state index in [0.29, 0.717) is 0 Å². The first-order valence-electron chi connectivity index (χ1n) is 2.62. The highest BCUT2D eigenvalue weighted by atomic mass is 35.5. The lowest BCUT2D eigenvalue weighted by molar-refractivity contribution is 1.16. The Hall–Kier alpha value is -0.300. The molecule has 0 aliphatic rings. The molecule has 0 aromatic heterocycles. The van der Waals surface area contributed by atoms with Crippen LogP contribution >= 0.6 is 11.6 Å². The van der Waals surface area contributed by atoms with Gasteiger partial charge < -0.3 is 0 Å². The molecule has 8 heavy (non-hydrogen) atoms. The minimum Gasteiger partial charge on any atom is -0.289 e. The number of nitrogens with one attached hydrogen (secondary N) is 1. The smallest absolute Gasteiger partial charge is 0.123 e. The van der Waals surface area contributed by atoms with E-state index in [1.165, 1.54) is 0 Å². The Morgan fingerprint density at radius 2 is 2.25 bits per heavy atom. The van der Waals surface area contributed by atoms with Gasteiger partial charge in [0.05, 0.1) is 0 Å². The minimum atomic E-state index is 0.162. The van der Waals surface area contributed by atoms with Crippen LogP contribution in [0.4, 0.5) is 0 Å². The monoisotopic (exact) mass is 131 g/mol. The number of halogens is 1. The summed E-state index contributed by atoms with van der Waals surface area (Å²) in [6, 6.07) is 0. The Labute approximate surface area is 54.9 Å². The SMILES string of the molecule is C/C=C(\CC)C(=N)Cl. The predicted octanol–water partition coefficient (Wildman–Crippen LogP) is 2.56. The zero-order chi connectivity index (χ0) is 6.57. The summed E-state index contributed by atoms with van der Waals surface area (Å²) in [5.41, 5.74) is 0.909. The van der Waals surface area contributed by atoms with Crippen LogP contribution in [0.2, 0.25) is 0 Å². The molecule has 0 saturated heterocycles. The van der Waals surface area contributed by atoms with Gasteiger partial charge in [0.25, 0.3) is 0 Å². The molecule has 0 bridgehead atoms. The third kappa shape index (κ3) is 2.12. The van der Waals surface area contributed by atoms with Crippen LogP contribution in [0, 0.1) is 5.41 Å². The van der Waals surface area contributed by atoms with Crippen LogP contribution in [0.3, 0.4) is 0 Å². The fourth-order valence-corrected chi connectivity index (χ4v) is 0.729. The summed E-state index contributed by atoms with van der Waals surface area (Å²) < 4.78 is 0. The number of hydrogen-bond acceptors (Lipinski definition) is 1. The van der Waals surface area contributed by atoms with Gasteiger partial charge in [-0.1, -0.05) is 24.6 Å². The van der Waals surface area contributed by atoms with E-state index in [9.17, 15) is 0 Å². The second-order valence-corrected chi connectivity index (χ2v) is 1.86. The van der Waals surface area contributed by atoms with Gasteiger partial charge >= 0.3 is 0 Å². The van der Waals surface area contributed by atoms with Gasteiger partial charge in [-0.05, 0) is 18.9 Å². The van der Waals surface area contributed by atoms with E-state index in [0.717, 1.165) is 12.0 Å². The van der Waals surface area contributed by atoms with Gasteiger partial charge in [-0.25, -0.2) is 0 Å². The molecule has 0 saturated carbocycles. The van der Waals surface area contributed by atoms with E-state index in [1.807, 2.05) is 19.9 Å². The van der Waals surface area contributed by atoms with Crippen molar-refractivity contribution in [3.63, 3.8) is 0 Å². The highest BCUT2D eigenvalue weighted by Crippen LogP contribution is 2.03. The van der Waals surface area contributed by atoms with Crippen molar-refractivity contribution in [3.8, 4) is 0 Å². The number of allylic oxidation sites excluding steroid dienone is 2. The second kappa shape index (κ2) is 3.67. The van der Waals surface area contributed by atoms with Gasteiger partial charge in [0.15, 0.2) is 0 Å². The average molecular weight is 132 g/mol. The van der Waals surface area contributed by atoms with Gasteiger partial charge in [0.2, 0.25) is 0 Å². The molecule has 0 atom stereocenters. The van der Waals surface area contributed by atoms with Crippen LogP contribution in [0.1, 0.15) is 20.3 Å². The number of rotatable bonds is 2. The second-order valence-electron chi connectivity index (χ2n) is 1.48. The Bertz CT molecular complexity index is 116. The maximum Gasteiger partial charge on any atom is 0.123 e. The van der Waals surface area contributed by atoms with Gasteiger partial charge in [-0.2, -0.15) is 0 Å². The van der Waals surface area contributed by atoms with Crippen molar-refractivity contribution < 1.29 is 0 Å². The molecule has 0 rings (SSSR count). The summed E-state index contributed by atoms with van der Waals surface area (Å²) in [5, 5.41) is 7.11. The largest absolute Gasteiger partial charge is 0.289 e. The molecule has 0 aliphatic carbocycles. The van der Waals surface area contributed by atoms with Crippen LogP contribution in [0.15, 0.2) is 11.6 Å². The van der Waals surface area contributed by atoms with Crippen LogP contribution in [0.5, 0.6) is 0 Å². The van der Waals surface area contributed by atoms with Gasteiger partial charge in [0, 0.05) is 0 Å². The van der Waals surface area contributed by atoms with E-state index in [2.05, 4.69) is 0 Å². The van der Waals surface area contributed by atoms with Crippen molar-refractivity contribution in [3.05, 3.63) is 11.6 Å². The molecule has 0 aliphatic heterocycles. The molecule has 1 N–H and O–H groups in total. The Morgan fingerprint density at radius 1 is 1.75 bits per heavy atom. The van der Waals surface area contributed by atoms with Crippen molar-refractivity contribution in [1.29, 1.82) is 5.41 Å². The number of hydrogen-bond donors (Lipinski definition) is 1. The fourth-order valence-electron chi connectivity index (χ4n) is 0.486. The fraction of sp³-hybridized carbons (Fsp3) is 0.500. The summed E-state index contributed by atoms with van der Waals surface area (Å²) in [4.78, 5) is 0. The molecule has 46 valence electrons. The van der Waals surface area contributed by atoms with E-state index in [1.54, 1.807) is 0 Å². The summed E-state index contributed by atoms with van der Waals surface area (Å²) >= 11 is 5.36. The molecular weight excluding hydrogens is 122 g/mol. The molecular formula is C6H10ClN. The van der Waals surface area contributed by atoms with E-state index in [-0.39, 0.29) is 5.17 Å². The van der Waals surface area contributed by atoms with Crippen LogP contribution in [-0.2, 0) is 0 Å². The van der Waals surface area contributed by atoms with Gasteiger partial charge in [-0.15, -0.1) is 0 Å². The summed E-state index contributed by atoms with van der Waals surface area (Å²) in [6.45, 7) is 3.86. The average Bonchev–Trinajstić information content (AvgIpc) is 1.69. The third-order valence-electron chi connectivity index (χ3n) is 1.01. The third-order valence-corrected chi connectivity index (χ3v) is 1.25. The van der Waals surface area contributed by atoms with Crippen LogP contribution in [-0.4, -0.2) is 5.17 Å². The van der Waals surface area contributed by atoms with Crippen molar-refractivity contribution in [2.45, 2.75) is 20.3 Å². The van der Waals surface area contributed by atoms with Gasteiger partial charge in [-0.3, -0.25) is 5.41 Å². The molecule has 0 spiro atoms. The zero-order valence-corrected chi connectivity index (χ0v) is 5.92. The molecule has 0 fully saturated rings. The molecule has 0 amide bonds. The summed E-state index contributed by atoms with van der Waals surface area (Å²) in [6.07, 6.45) is 2.70. The molecule has 0 aromatic carbocycles. The Kier molecular flexibility index (Phi) is 3.53. The molecule has 0 heterocycles. The predicted molar refractivity (Wildman–Crippen MR) is 37.6 cm³/mol. The first-order valence-corrected chi connectivity index (χ1v) is 2.99. The van der Waals surface area contributed by atoms with E-state index >= 15 is 0 Å². The summed E-state index contributed by atoms with van der Waals surface area (Å²) in [7, 11) is 0. The first-order chi connectivity index (χ1) is 3.72. The first kappa shape index (κ1) is 7.70. The maximum atomic E-state index is 6.95. The van der Waals surface area contributed by atoms with E-state index < -0.39 is 0 Å². The molecule has 0 radical (unpaired) electrons. The Balaban J connectivity index is 3.92. The zero-order valence-electron chi connectivity index (χ0n) is 5.16. The lowest BCUT2D eigenvalue weighted by atomic mass is 10.2. The summed E-state index contributed by atoms with van der Waals surface area (Å²) in [5.74, 6) is 0. The lowest BCUT2D eigenvalue weighted by Crippen LogP contribution is -1.87. The lowest BCUT2D eigenvalue weighted by Gasteiger charge is -1.94. The van der Waals surface area contributed by atoms with Crippen molar-refractivity contribution in [2.24, 2.45) is 0 Å². The topological polar surface area (TPSA) is 23.9 Å². The molecule has 0 unspecified atom stereocenters. The van der Waals surface area contributed by atoms with Crippen molar-refractivity contribution in [1.82, 2.24) is 0 Å². The van der Waals surface area contributed by atoms with Crippen molar-refractivity contribution >= 4 is 16.8 Å². The molecule has 2 heteroatoms. The van der Waals surface area contributed by atoms with Crippen LogP contribution < -0.4 is 0 Å². The normalized spacial score (nSPS) is 11.6. The molecule has 0 aromatic rings. The van der Waals surface area contributed by atoms with Crippen molar-refractivity contribution in [2.75, 3.05) is 0 Å². The quantitative estimate of drug-likeness (QED) is 0.557. The molecule has 1 nitrogen and oxygen atoms in total. The highest BCUT2D eigenvalue weighted by Gasteiger charge is 1.93. The van der Waals surface area contributed by atoms with E-state index in [4.69, 9.17) is 17.0 Å². The minimum absolute atomic E-state index is 0.162. The highest BCUT2D eigenvalue weighted by molar-refractivity contribution is 6.68.